The van der Waals surface area contributed by atoms with Gasteiger partial charge in [0.05, 0.1) is 0 Å². The van der Waals surface area contributed by atoms with Gasteiger partial charge in [-0.3, -0.25) is 0 Å². The number of nitrogens with zero attached hydrogens (tertiary/aromatic N) is 1. The summed E-state index contributed by atoms with van der Waals surface area (Å²) < 4.78 is 15.2. The lowest BCUT2D eigenvalue weighted by molar-refractivity contribution is 0.291. The Kier molecular flexibility index (Phi) is 5.74. The zero-order chi connectivity index (χ0) is 15.9. The van der Waals surface area contributed by atoms with Crippen LogP contribution in [-0.2, 0) is 6.42 Å². The molecule has 0 N–H and O–H groups in total. The zero-order valence-corrected chi connectivity index (χ0v) is 13.9. The van der Waals surface area contributed by atoms with Crippen molar-refractivity contribution in [1.29, 1.82) is 0 Å². The van der Waals surface area contributed by atoms with Gasteiger partial charge in [-0.05, 0) is 60.3 Å². The molecule has 0 aromatic heterocycles. The van der Waals surface area contributed by atoms with E-state index in [0.717, 1.165) is 24.6 Å². The molecule has 0 radical (unpaired) electrons. The molecule has 3 heteroatoms. The molecule has 3 rings (SSSR count). The van der Waals surface area contributed by atoms with Crippen molar-refractivity contribution in [2.45, 2.75) is 19.3 Å². The van der Waals surface area contributed by atoms with E-state index in [4.69, 9.17) is 0 Å². The smallest absolute Gasteiger partial charge is 0.123 e. The highest BCUT2D eigenvalue weighted by Gasteiger charge is 2.19. The van der Waals surface area contributed by atoms with Crippen molar-refractivity contribution in [3.8, 4) is 11.2 Å². The minimum absolute atomic E-state index is 0.219. The van der Waals surface area contributed by atoms with E-state index in [1.165, 1.54) is 37.0 Å². The van der Waals surface area contributed by atoms with Crippen LogP contribution in [0, 0.1) is 22.9 Å². The molecular formula is C20H20FNS. The second-order valence-corrected chi connectivity index (χ2v) is 6.79. The van der Waals surface area contributed by atoms with Gasteiger partial charge >= 0.3 is 0 Å². The van der Waals surface area contributed by atoms with E-state index in [1.807, 2.05) is 0 Å². The van der Waals surface area contributed by atoms with Gasteiger partial charge < -0.3 is 0 Å². The average molecular weight is 325 g/mol. The van der Waals surface area contributed by atoms with Gasteiger partial charge in [-0.2, -0.15) is 0 Å². The lowest BCUT2D eigenvalue weighted by atomic mass is 9.91. The molecule has 0 unspecified atom stereocenters. The topological polar surface area (TPSA) is 3.24 Å². The van der Waals surface area contributed by atoms with E-state index in [0.29, 0.717) is 0 Å². The van der Waals surface area contributed by atoms with Gasteiger partial charge in [-0.25, -0.2) is 8.70 Å². The third-order valence-electron chi connectivity index (χ3n) is 4.16. The summed E-state index contributed by atoms with van der Waals surface area (Å²) in [5.41, 5.74) is 2.30. The molecule has 1 fully saturated rings. The summed E-state index contributed by atoms with van der Waals surface area (Å²) in [6.45, 7) is 2.17. The molecular weight excluding hydrogens is 305 g/mol. The van der Waals surface area contributed by atoms with Crippen molar-refractivity contribution in [3.63, 3.8) is 0 Å². The Balaban J connectivity index is 1.44. The first-order valence-electron chi connectivity index (χ1n) is 8.02. The number of rotatable bonds is 3. The van der Waals surface area contributed by atoms with Crippen LogP contribution < -0.4 is 0 Å². The highest BCUT2D eigenvalue weighted by Crippen LogP contribution is 2.25. The predicted octanol–water partition coefficient (Wildman–Crippen LogP) is 4.74. The van der Waals surface area contributed by atoms with Crippen LogP contribution in [0.1, 0.15) is 24.0 Å². The molecule has 1 heterocycles. The first-order chi connectivity index (χ1) is 11.3. The van der Waals surface area contributed by atoms with Crippen LogP contribution in [0.5, 0.6) is 0 Å². The number of benzene rings is 2. The molecule has 118 valence electrons. The van der Waals surface area contributed by atoms with E-state index in [2.05, 4.69) is 45.8 Å². The monoisotopic (exact) mass is 325 g/mol. The Hall–Kier alpha value is -1.76. The largest absolute Gasteiger partial charge is 0.240 e. The number of hydrogen-bond acceptors (Lipinski definition) is 2. The molecule has 0 saturated carbocycles. The fraction of sp³-hybridized carbons (Fsp3) is 0.300. The van der Waals surface area contributed by atoms with Crippen molar-refractivity contribution in [2.75, 3.05) is 13.1 Å². The first kappa shape index (κ1) is 16.1. The summed E-state index contributed by atoms with van der Waals surface area (Å²) in [7, 11) is 0. The fourth-order valence-electron chi connectivity index (χ4n) is 2.83. The molecule has 0 bridgehead atoms. The Labute approximate surface area is 142 Å². The molecule has 1 nitrogen and oxygen atoms in total. The minimum Gasteiger partial charge on any atom is -0.240 e. The lowest BCUT2D eigenvalue weighted by Crippen LogP contribution is -2.29. The molecule has 0 spiro atoms. The van der Waals surface area contributed by atoms with Crippen LogP contribution in [0.3, 0.4) is 0 Å². The van der Waals surface area contributed by atoms with Gasteiger partial charge in [0.15, 0.2) is 0 Å². The van der Waals surface area contributed by atoms with Crippen LogP contribution in [0.4, 0.5) is 4.39 Å². The van der Waals surface area contributed by atoms with E-state index in [1.54, 1.807) is 24.1 Å². The van der Waals surface area contributed by atoms with Crippen LogP contribution in [0.15, 0.2) is 54.6 Å². The summed E-state index contributed by atoms with van der Waals surface area (Å²) in [5.74, 6) is 3.63. The summed E-state index contributed by atoms with van der Waals surface area (Å²) in [6.07, 6.45) is 3.63. The van der Waals surface area contributed by atoms with Crippen LogP contribution in [0.25, 0.3) is 0 Å². The van der Waals surface area contributed by atoms with Gasteiger partial charge in [-0.1, -0.05) is 36.3 Å². The minimum atomic E-state index is -0.219. The van der Waals surface area contributed by atoms with E-state index >= 15 is 0 Å². The maximum absolute atomic E-state index is 12.8. The van der Waals surface area contributed by atoms with Crippen LogP contribution >= 0.6 is 11.9 Å². The molecule has 0 atom stereocenters. The Morgan fingerprint density at radius 2 is 1.70 bits per heavy atom. The first-order valence-corrected chi connectivity index (χ1v) is 8.79. The second kappa shape index (κ2) is 8.19. The van der Waals surface area contributed by atoms with Crippen LogP contribution in [-0.4, -0.2) is 17.4 Å². The SMILES string of the molecule is Fc1ccc(C#CSN2CCC(Cc3ccccc3)CC2)cc1. The van der Waals surface area contributed by atoms with E-state index < -0.39 is 0 Å². The van der Waals surface area contributed by atoms with Gasteiger partial charge in [0.1, 0.15) is 5.82 Å². The van der Waals surface area contributed by atoms with Crippen LogP contribution in [0.2, 0.25) is 0 Å². The standard InChI is InChI=1S/C20H20FNS/c21-20-8-6-17(7-9-20)12-15-23-22-13-10-19(11-14-22)16-18-4-2-1-3-5-18/h1-9,19H,10-11,13-14,16H2. The van der Waals surface area contributed by atoms with E-state index in [9.17, 15) is 4.39 Å². The van der Waals surface area contributed by atoms with E-state index in [-0.39, 0.29) is 5.82 Å². The second-order valence-electron chi connectivity index (χ2n) is 5.89. The maximum Gasteiger partial charge on any atom is 0.123 e. The van der Waals surface area contributed by atoms with Crippen molar-refractivity contribution in [1.82, 2.24) is 4.31 Å². The lowest BCUT2D eigenvalue weighted by Gasteiger charge is -2.29. The highest BCUT2D eigenvalue weighted by molar-refractivity contribution is 8.01. The average Bonchev–Trinajstić information content (AvgIpc) is 2.59. The predicted molar refractivity (Wildman–Crippen MR) is 95.3 cm³/mol. The van der Waals surface area contributed by atoms with Crippen molar-refractivity contribution >= 4 is 11.9 Å². The summed E-state index contributed by atoms with van der Waals surface area (Å²) in [5, 5.41) is 3.13. The van der Waals surface area contributed by atoms with Crippen molar-refractivity contribution in [3.05, 3.63) is 71.5 Å². The fourth-order valence-corrected chi connectivity index (χ4v) is 3.52. The molecule has 1 aliphatic heterocycles. The Morgan fingerprint density at radius 1 is 1.00 bits per heavy atom. The number of piperidine rings is 1. The highest BCUT2D eigenvalue weighted by atomic mass is 32.2. The summed E-state index contributed by atoms with van der Waals surface area (Å²) in [4.78, 5) is 0. The molecule has 2 aromatic carbocycles. The summed E-state index contributed by atoms with van der Waals surface area (Å²) in [6, 6.07) is 17.1. The maximum atomic E-state index is 12.8. The summed E-state index contributed by atoms with van der Waals surface area (Å²) >= 11 is 1.58. The molecule has 0 amide bonds. The molecule has 2 aromatic rings. The third kappa shape index (κ3) is 5.13. The van der Waals surface area contributed by atoms with Gasteiger partial charge in [0.2, 0.25) is 0 Å². The van der Waals surface area contributed by atoms with Gasteiger partial charge in [0, 0.05) is 30.6 Å². The normalized spacial score (nSPS) is 15.9. The molecule has 1 aliphatic rings. The van der Waals surface area contributed by atoms with Crippen molar-refractivity contribution < 1.29 is 4.39 Å². The number of hydrogen-bond donors (Lipinski definition) is 0. The quantitative estimate of drug-likeness (QED) is 0.592. The van der Waals surface area contributed by atoms with Crippen molar-refractivity contribution in [2.24, 2.45) is 5.92 Å². The molecule has 0 aliphatic carbocycles. The Morgan fingerprint density at radius 3 is 2.39 bits per heavy atom. The van der Waals surface area contributed by atoms with Gasteiger partial charge in [-0.15, -0.1) is 0 Å². The Bertz CT molecular complexity index is 664. The molecule has 1 saturated heterocycles. The molecule has 23 heavy (non-hydrogen) atoms. The van der Waals surface area contributed by atoms with Gasteiger partial charge in [0.25, 0.3) is 0 Å². The number of halogens is 1. The third-order valence-corrected chi connectivity index (χ3v) is 4.97. The zero-order valence-electron chi connectivity index (χ0n) is 13.0.